The van der Waals surface area contributed by atoms with Crippen LogP contribution in [0.15, 0.2) is 45.3 Å². The summed E-state index contributed by atoms with van der Waals surface area (Å²) in [6, 6.07) is 9.54. The van der Waals surface area contributed by atoms with Crippen molar-refractivity contribution in [3.05, 3.63) is 62.3 Å². The standard InChI is InChI=1S/C15H8Br2FNO2/c16-9-4-5-12(18)8(6-9)7-19-13-10(14(20)15(19)21)2-1-3-11(13)17/h1-6H,7H2. The van der Waals surface area contributed by atoms with Crippen molar-refractivity contribution in [3.63, 3.8) is 0 Å². The quantitative estimate of drug-likeness (QED) is 0.697. The van der Waals surface area contributed by atoms with Crippen molar-refractivity contribution in [3.8, 4) is 0 Å². The summed E-state index contributed by atoms with van der Waals surface area (Å²) in [5.41, 5.74) is 1.17. The Balaban J connectivity index is 2.06. The molecule has 2 aromatic carbocycles. The Morgan fingerprint density at radius 2 is 1.86 bits per heavy atom. The van der Waals surface area contributed by atoms with Gasteiger partial charge in [0.1, 0.15) is 5.82 Å². The van der Waals surface area contributed by atoms with E-state index in [1.807, 2.05) is 0 Å². The molecular formula is C15H8Br2FNO2. The maximum Gasteiger partial charge on any atom is 0.299 e. The number of para-hydroxylation sites is 1. The van der Waals surface area contributed by atoms with Gasteiger partial charge >= 0.3 is 0 Å². The van der Waals surface area contributed by atoms with Crippen LogP contribution in [-0.4, -0.2) is 11.7 Å². The minimum atomic E-state index is -0.642. The van der Waals surface area contributed by atoms with Crippen LogP contribution in [0.4, 0.5) is 10.1 Å². The zero-order valence-electron chi connectivity index (χ0n) is 10.6. The molecule has 0 N–H and O–H groups in total. The lowest BCUT2D eigenvalue weighted by Gasteiger charge is -2.18. The van der Waals surface area contributed by atoms with Crippen LogP contribution < -0.4 is 4.90 Å². The summed E-state index contributed by atoms with van der Waals surface area (Å²) in [7, 11) is 0. The smallest absolute Gasteiger partial charge is 0.299 e. The molecule has 3 nitrogen and oxygen atoms in total. The molecule has 0 spiro atoms. The maximum absolute atomic E-state index is 13.9. The molecule has 0 unspecified atom stereocenters. The highest BCUT2D eigenvalue weighted by atomic mass is 79.9. The Bertz CT molecular complexity index is 776. The number of hydrogen-bond acceptors (Lipinski definition) is 2. The number of carbonyl (C=O) groups is 2. The number of ketones is 1. The fraction of sp³-hybridized carbons (Fsp3) is 0.0667. The lowest BCUT2D eigenvalue weighted by atomic mass is 10.1. The van der Waals surface area contributed by atoms with Crippen LogP contribution in [-0.2, 0) is 11.3 Å². The first-order chi connectivity index (χ1) is 9.99. The maximum atomic E-state index is 13.9. The van der Waals surface area contributed by atoms with Crippen LogP contribution in [0.2, 0.25) is 0 Å². The second-order valence-corrected chi connectivity index (χ2v) is 6.36. The number of carbonyl (C=O) groups excluding carboxylic acids is 2. The highest BCUT2D eigenvalue weighted by molar-refractivity contribution is 9.10. The lowest BCUT2D eigenvalue weighted by molar-refractivity contribution is -0.114. The van der Waals surface area contributed by atoms with Crippen molar-refractivity contribution in [2.45, 2.75) is 6.54 Å². The van der Waals surface area contributed by atoms with Crippen molar-refractivity contribution in [2.75, 3.05) is 4.90 Å². The SMILES string of the molecule is O=C1C(=O)N(Cc2cc(Br)ccc2F)c2c(Br)cccc21. The topological polar surface area (TPSA) is 37.4 Å². The molecule has 1 aliphatic rings. The van der Waals surface area contributed by atoms with E-state index in [4.69, 9.17) is 0 Å². The van der Waals surface area contributed by atoms with E-state index in [1.165, 1.54) is 11.0 Å². The number of nitrogens with zero attached hydrogens (tertiary/aromatic N) is 1. The summed E-state index contributed by atoms with van der Waals surface area (Å²) in [5.74, 6) is -1.63. The normalized spacial score (nSPS) is 13.8. The Hall–Kier alpha value is -1.53. The molecular weight excluding hydrogens is 405 g/mol. The number of fused-ring (bicyclic) bond motifs is 1. The van der Waals surface area contributed by atoms with Crippen molar-refractivity contribution >= 4 is 49.2 Å². The molecule has 3 rings (SSSR count). The van der Waals surface area contributed by atoms with Crippen LogP contribution >= 0.6 is 31.9 Å². The first-order valence-electron chi connectivity index (χ1n) is 6.07. The molecule has 0 saturated heterocycles. The van der Waals surface area contributed by atoms with E-state index in [0.29, 0.717) is 25.8 Å². The molecule has 106 valence electrons. The van der Waals surface area contributed by atoms with E-state index >= 15 is 0 Å². The van der Waals surface area contributed by atoms with Crippen LogP contribution in [0.1, 0.15) is 15.9 Å². The summed E-state index contributed by atoms with van der Waals surface area (Å²) in [5, 5.41) is 0. The minimum Gasteiger partial charge on any atom is -0.299 e. The molecule has 0 saturated carbocycles. The van der Waals surface area contributed by atoms with Crippen molar-refractivity contribution < 1.29 is 14.0 Å². The number of hydrogen-bond donors (Lipinski definition) is 0. The molecule has 1 heterocycles. The Kier molecular flexibility index (Phi) is 3.67. The van der Waals surface area contributed by atoms with Crippen LogP contribution in [0, 0.1) is 5.82 Å². The molecule has 0 bridgehead atoms. The van der Waals surface area contributed by atoms with E-state index in [9.17, 15) is 14.0 Å². The number of Topliss-reactive ketones (excluding diaryl/α,β-unsaturated/α-hetero) is 1. The van der Waals surface area contributed by atoms with Gasteiger partial charge in [-0.15, -0.1) is 0 Å². The molecule has 0 atom stereocenters. The van der Waals surface area contributed by atoms with Gasteiger partial charge in [0, 0.05) is 14.5 Å². The van der Waals surface area contributed by atoms with Gasteiger partial charge in [-0.25, -0.2) is 4.39 Å². The van der Waals surface area contributed by atoms with Gasteiger partial charge in [-0.05, 0) is 46.3 Å². The molecule has 6 heteroatoms. The Labute approximate surface area is 137 Å². The van der Waals surface area contributed by atoms with Gasteiger partial charge in [0.25, 0.3) is 11.7 Å². The predicted molar refractivity (Wildman–Crippen MR) is 83.8 cm³/mol. The van der Waals surface area contributed by atoms with E-state index in [1.54, 1.807) is 30.3 Å². The van der Waals surface area contributed by atoms with Gasteiger partial charge in [-0.3, -0.25) is 14.5 Å². The summed E-state index contributed by atoms with van der Waals surface area (Å²) < 4.78 is 15.2. The first kappa shape index (κ1) is 14.4. The Morgan fingerprint density at radius 1 is 1.10 bits per heavy atom. The largest absolute Gasteiger partial charge is 0.299 e. The third kappa shape index (κ3) is 2.42. The molecule has 0 radical (unpaired) electrons. The molecule has 1 amide bonds. The third-order valence-electron chi connectivity index (χ3n) is 3.28. The van der Waals surface area contributed by atoms with Gasteiger partial charge in [-0.1, -0.05) is 22.0 Å². The summed E-state index contributed by atoms with van der Waals surface area (Å²) in [6.07, 6.45) is 0. The van der Waals surface area contributed by atoms with Crippen molar-refractivity contribution in [2.24, 2.45) is 0 Å². The second kappa shape index (κ2) is 5.35. The predicted octanol–water partition coefficient (Wildman–Crippen LogP) is 4.08. The zero-order chi connectivity index (χ0) is 15.1. The Morgan fingerprint density at radius 3 is 2.62 bits per heavy atom. The first-order valence-corrected chi connectivity index (χ1v) is 7.66. The summed E-state index contributed by atoms with van der Waals surface area (Å²) in [4.78, 5) is 25.4. The number of halogens is 3. The van der Waals surface area contributed by atoms with Crippen LogP contribution in [0.25, 0.3) is 0 Å². The molecule has 2 aromatic rings. The van der Waals surface area contributed by atoms with Gasteiger partial charge in [0.15, 0.2) is 0 Å². The van der Waals surface area contributed by atoms with Crippen LogP contribution in [0.5, 0.6) is 0 Å². The number of benzene rings is 2. The average Bonchev–Trinajstić information content (AvgIpc) is 2.69. The number of amides is 1. The number of rotatable bonds is 2. The van der Waals surface area contributed by atoms with Crippen molar-refractivity contribution in [1.82, 2.24) is 0 Å². The molecule has 0 aliphatic carbocycles. The highest BCUT2D eigenvalue weighted by Gasteiger charge is 2.37. The average molecular weight is 413 g/mol. The van der Waals surface area contributed by atoms with Gasteiger partial charge < -0.3 is 0 Å². The summed E-state index contributed by atoms with van der Waals surface area (Å²) >= 11 is 6.61. The molecule has 0 aromatic heterocycles. The zero-order valence-corrected chi connectivity index (χ0v) is 13.7. The van der Waals surface area contributed by atoms with Gasteiger partial charge in [-0.2, -0.15) is 0 Å². The number of anilines is 1. The van der Waals surface area contributed by atoms with Gasteiger partial charge in [0.2, 0.25) is 0 Å². The van der Waals surface area contributed by atoms with Gasteiger partial charge in [0.05, 0.1) is 17.8 Å². The fourth-order valence-electron chi connectivity index (χ4n) is 2.30. The molecule has 1 aliphatic heterocycles. The highest BCUT2D eigenvalue weighted by Crippen LogP contribution is 2.37. The third-order valence-corrected chi connectivity index (χ3v) is 4.41. The van der Waals surface area contributed by atoms with Crippen molar-refractivity contribution in [1.29, 1.82) is 0 Å². The van der Waals surface area contributed by atoms with E-state index in [-0.39, 0.29) is 6.54 Å². The summed E-state index contributed by atoms with van der Waals surface area (Å²) in [6.45, 7) is 0.00542. The molecule has 0 fully saturated rings. The van der Waals surface area contributed by atoms with E-state index in [2.05, 4.69) is 31.9 Å². The van der Waals surface area contributed by atoms with E-state index < -0.39 is 17.5 Å². The van der Waals surface area contributed by atoms with E-state index in [0.717, 1.165) is 0 Å². The second-order valence-electron chi connectivity index (χ2n) is 4.59. The van der Waals surface area contributed by atoms with Crippen LogP contribution in [0.3, 0.4) is 0 Å². The fourth-order valence-corrected chi connectivity index (χ4v) is 3.29. The minimum absolute atomic E-state index is 0.00542. The molecule has 21 heavy (non-hydrogen) atoms. The monoisotopic (exact) mass is 411 g/mol. The lowest BCUT2D eigenvalue weighted by Crippen LogP contribution is -2.29.